The lowest BCUT2D eigenvalue weighted by Crippen LogP contribution is -1.91. The third-order valence-electron chi connectivity index (χ3n) is 1.14. The van der Waals surface area contributed by atoms with Gasteiger partial charge in [0.15, 0.2) is 0 Å². The van der Waals surface area contributed by atoms with Gasteiger partial charge >= 0.3 is 0 Å². The molecule has 0 aromatic carbocycles. The summed E-state index contributed by atoms with van der Waals surface area (Å²) < 4.78 is 3.97. The molecule has 0 unspecified atom stereocenters. The molecule has 0 aliphatic carbocycles. The lowest BCUT2D eigenvalue weighted by Gasteiger charge is -1.88. The highest BCUT2D eigenvalue weighted by Crippen LogP contribution is 2.18. The van der Waals surface area contributed by atoms with Crippen LogP contribution in [-0.2, 0) is 7.05 Å². The molecule has 9 heavy (non-hydrogen) atoms. The first-order valence-electron chi connectivity index (χ1n) is 2.47. The number of aromatic nitrogens is 2. The summed E-state index contributed by atoms with van der Waals surface area (Å²) in [5, 5.41) is 4.14. The van der Waals surface area contributed by atoms with Gasteiger partial charge in [-0.05, 0) is 45.4 Å². The Morgan fingerprint density at radius 3 is 2.33 bits per heavy atom. The fraction of sp³-hybridized carbons (Fsp3) is 0.400. The van der Waals surface area contributed by atoms with Crippen LogP contribution in [0.1, 0.15) is 5.56 Å². The number of hydrogen-bond donors (Lipinski definition) is 0. The van der Waals surface area contributed by atoms with E-state index in [0.717, 1.165) is 4.60 Å². The summed E-state index contributed by atoms with van der Waals surface area (Å²) in [4.78, 5) is 0. The van der Waals surface area contributed by atoms with Crippen LogP contribution < -0.4 is 0 Å². The summed E-state index contributed by atoms with van der Waals surface area (Å²) in [6.45, 7) is 2.04. The molecule has 4 heteroatoms. The minimum atomic E-state index is 0.939. The first-order chi connectivity index (χ1) is 4.13. The Balaban J connectivity index is 3.29. The van der Waals surface area contributed by atoms with Crippen molar-refractivity contribution in [1.29, 1.82) is 0 Å². The van der Waals surface area contributed by atoms with Crippen molar-refractivity contribution in [3.63, 3.8) is 0 Å². The van der Waals surface area contributed by atoms with Crippen LogP contribution in [-0.4, -0.2) is 9.78 Å². The molecule has 0 spiro atoms. The molecule has 0 saturated carbocycles. The van der Waals surface area contributed by atoms with Gasteiger partial charge in [0, 0.05) is 12.6 Å². The molecule has 1 aromatic rings. The van der Waals surface area contributed by atoms with Crippen LogP contribution in [0.4, 0.5) is 0 Å². The Kier molecular flexibility index (Phi) is 2.15. The van der Waals surface area contributed by atoms with E-state index in [1.165, 1.54) is 9.26 Å². The standard InChI is InChI=1S/C5H6BrIN2/c1-3-4(6)8-9(2)5(3)7/h1-2H3. The molecule has 0 aliphatic heterocycles. The molecule has 2 nitrogen and oxygen atoms in total. The highest BCUT2D eigenvalue weighted by Gasteiger charge is 2.04. The molecule has 0 bridgehead atoms. The van der Waals surface area contributed by atoms with Crippen molar-refractivity contribution >= 4 is 38.5 Å². The van der Waals surface area contributed by atoms with E-state index in [-0.39, 0.29) is 0 Å². The van der Waals surface area contributed by atoms with Gasteiger partial charge in [0.25, 0.3) is 0 Å². The molecule has 0 amide bonds. The van der Waals surface area contributed by atoms with Crippen molar-refractivity contribution in [2.75, 3.05) is 0 Å². The normalized spacial score (nSPS) is 10.2. The van der Waals surface area contributed by atoms with Gasteiger partial charge in [-0.25, -0.2) is 0 Å². The molecule has 0 saturated heterocycles. The molecule has 1 heterocycles. The molecule has 1 aromatic heterocycles. The van der Waals surface area contributed by atoms with Crippen LogP contribution in [0.25, 0.3) is 0 Å². The zero-order valence-corrected chi connectivity index (χ0v) is 8.89. The van der Waals surface area contributed by atoms with E-state index in [2.05, 4.69) is 43.6 Å². The predicted molar refractivity (Wildman–Crippen MR) is 48.4 cm³/mol. The van der Waals surface area contributed by atoms with Crippen molar-refractivity contribution in [3.05, 3.63) is 13.9 Å². The van der Waals surface area contributed by atoms with Gasteiger partial charge in [0.1, 0.15) is 8.30 Å². The van der Waals surface area contributed by atoms with Crippen molar-refractivity contribution in [1.82, 2.24) is 9.78 Å². The Labute approximate surface area is 75.9 Å². The van der Waals surface area contributed by atoms with Crippen molar-refractivity contribution in [2.45, 2.75) is 6.92 Å². The van der Waals surface area contributed by atoms with Gasteiger partial charge in [-0.3, -0.25) is 4.68 Å². The van der Waals surface area contributed by atoms with Crippen LogP contribution in [0, 0.1) is 10.6 Å². The SMILES string of the molecule is Cc1c(Br)nn(C)c1I. The van der Waals surface area contributed by atoms with E-state index in [9.17, 15) is 0 Å². The van der Waals surface area contributed by atoms with Crippen molar-refractivity contribution in [3.8, 4) is 0 Å². The minimum absolute atomic E-state index is 0.939. The zero-order valence-electron chi connectivity index (χ0n) is 5.15. The maximum absolute atomic E-state index is 4.14. The third kappa shape index (κ3) is 1.29. The average molecular weight is 301 g/mol. The molecule has 50 valence electrons. The summed E-state index contributed by atoms with van der Waals surface area (Å²) in [7, 11) is 1.93. The van der Waals surface area contributed by atoms with E-state index >= 15 is 0 Å². The van der Waals surface area contributed by atoms with Gasteiger partial charge in [-0.2, -0.15) is 5.10 Å². The highest BCUT2D eigenvalue weighted by molar-refractivity contribution is 14.1. The van der Waals surface area contributed by atoms with Gasteiger partial charge in [-0.1, -0.05) is 0 Å². The molecular formula is C5H6BrIN2. The molecule has 0 aliphatic rings. The number of rotatable bonds is 0. The minimum Gasteiger partial charge on any atom is -0.261 e. The second-order valence-electron chi connectivity index (χ2n) is 1.83. The molecule has 0 N–H and O–H groups in total. The zero-order chi connectivity index (χ0) is 7.02. The molecule has 0 radical (unpaired) electrons. The van der Waals surface area contributed by atoms with Crippen LogP contribution in [0.3, 0.4) is 0 Å². The first kappa shape index (κ1) is 7.53. The maximum Gasteiger partial charge on any atom is 0.132 e. The summed E-state index contributed by atoms with van der Waals surface area (Å²) in [5.74, 6) is 0. The topological polar surface area (TPSA) is 17.8 Å². The Bertz CT molecular complexity index is 209. The van der Waals surface area contributed by atoms with Gasteiger partial charge in [0.2, 0.25) is 0 Å². The number of aryl methyl sites for hydroxylation is 1. The lowest BCUT2D eigenvalue weighted by atomic mass is 10.4. The summed E-state index contributed by atoms with van der Waals surface area (Å²) >= 11 is 5.59. The largest absolute Gasteiger partial charge is 0.261 e. The third-order valence-corrected chi connectivity index (χ3v) is 3.40. The highest BCUT2D eigenvalue weighted by atomic mass is 127. The average Bonchev–Trinajstić information content (AvgIpc) is 1.98. The van der Waals surface area contributed by atoms with Crippen LogP contribution in [0.2, 0.25) is 0 Å². The van der Waals surface area contributed by atoms with Gasteiger partial charge < -0.3 is 0 Å². The van der Waals surface area contributed by atoms with E-state index in [1.54, 1.807) is 0 Å². The maximum atomic E-state index is 4.14. The molecule has 1 rings (SSSR count). The van der Waals surface area contributed by atoms with Crippen LogP contribution in [0.5, 0.6) is 0 Å². The molecular weight excluding hydrogens is 295 g/mol. The molecule has 0 fully saturated rings. The fourth-order valence-corrected chi connectivity index (χ4v) is 1.74. The smallest absolute Gasteiger partial charge is 0.132 e. The molecule has 0 atom stereocenters. The monoisotopic (exact) mass is 300 g/mol. The number of halogens is 2. The predicted octanol–water partition coefficient (Wildman–Crippen LogP) is 2.10. The summed E-state index contributed by atoms with van der Waals surface area (Å²) in [5.41, 5.74) is 1.21. The Morgan fingerprint density at radius 2 is 2.22 bits per heavy atom. The van der Waals surface area contributed by atoms with E-state index in [4.69, 9.17) is 0 Å². The van der Waals surface area contributed by atoms with Gasteiger partial charge in [-0.15, -0.1) is 0 Å². The fourth-order valence-electron chi connectivity index (χ4n) is 0.578. The van der Waals surface area contributed by atoms with Crippen molar-refractivity contribution in [2.24, 2.45) is 7.05 Å². The van der Waals surface area contributed by atoms with E-state index < -0.39 is 0 Å². The lowest BCUT2D eigenvalue weighted by molar-refractivity contribution is 0.741. The van der Waals surface area contributed by atoms with Crippen LogP contribution in [0.15, 0.2) is 4.60 Å². The summed E-state index contributed by atoms with van der Waals surface area (Å²) in [6.07, 6.45) is 0. The van der Waals surface area contributed by atoms with Crippen LogP contribution >= 0.6 is 38.5 Å². The number of nitrogens with zero attached hydrogens (tertiary/aromatic N) is 2. The quantitative estimate of drug-likeness (QED) is 0.671. The van der Waals surface area contributed by atoms with E-state index in [1.807, 2.05) is 18.7 Å². The summed E-state index contributed by atoms with van der Waals surface area (Å²) in [6, 6.07) is 0. The Hall–Kier alpha value is 0.420. The van der Waals surface area contributed by atoms with E-state index in [0.29, 0.717) is 0 Å². The first-order valence-corrected chi connectivity index (χ1v) is 4.34. The Morgan fingerprint density at radius 1 is 1.67 bits per heavy atom. The second-order valence-corrected chi connectivity index (χ2v) is 3.60. The van der Waals surface area contributed by atoms with Crippen molar-refractivity contribution < 1.29 is 0 Å². The van der Waals surface area contributed by atoms with Gasteiger partial charge in [0.05, 0.1) is 0 Å². The number of hydrogen-bond acceptors (Lipinski definition) is 1. The second kappa shape index (κ2) is 2.57.